The SMILES string of the molecule is O=C(O)c1cnc(-c2nccs2)cn1. The monoisotopic (exact) mass is 207 g/mol. The van der Waals surface area contributed by atoms with E-state index in [-0.39, 0.29) is 5.69 Å². The number of thiazole rings is 1. The summed E-state index contributed by atoms with van der Waals surface area (Å²) in [6, 6.07) is 0. The minimum absolute atomic E-state index is 0.0645. The number of rotatable bonds is 2. The van der Waals surface area contributed by atoms with Gasteiger partial charge in [0.2, 0.25) is 0 Å². The smallest absolute Gasteiger partial charge is 0.356 e. The lowest BCUT2D eigenvalue weighted by Gasteiger charge is -1.95. The van der Waals surface area contributed by atoms with Crippen molar-refractivity contribution < 1.29 is 9.90 Å². The molecule has 2 aromatic rings. The highest BCUT2D eigenvalue weighted by atomic mass is 32.1. The van der Waals surface area contributed by atoms with Gasteiger partial charge in [-0.05, 0) is 0 Å². The molecular formula is C8H5N3O2S. The van der Waals surface area contributed by atoms with Gasteiger partial charge >= 0.3 is 5.97 Å². The fourth-order valence-corrected chi connectivity index (χ4v) is 1.50. The zero-order valence-corrected chi connectivity index (χ0v) is 7.73. The van der Waals surface area contributed by atoms with Gasteiger partial charge < -0.3 is 5.11 Å². The lowest BCUT2D eigenvalue weighted by atomic mass is 10.4. The first-order valence-electron chi connectivity index (χ1n) is 3.72. The summed E-state index contributed by atoms with van der Waals surface area (Å²) in [6.45, 7) is 0. The Morgan fingerprint density at radius 2 is 2.14 bits per heavy atom. The minimum atomic E-state index is -1.08. The molecule has 0 aromatic carbocycles. The molecule has 2 heterocycles. The Kier molecular flexibility index (Phi) is 2.19. The maximum absolute atomic E-state index is 10.5. The van der Waals surface area contributed by atoms with Crippen molar-refractivity contribution in [1.82, 2.24) is 15.0 Å². The summed E-state index contributed by atoms with van der Waals surface area (Å²) >= 11 is 1.43. The Hall–Kier alpha value is -1.82. The van der Waals surface area contributed by atoms with Crippen LogP contribution < -0.4 is 0 Å². The van der Waals surface area contributed by atoms with E-state index < -0.39 is 5.97 Å². The van der Waals surface area contributed by atoms with Crippen LogP contribution in [0.4, 0.5) is 0 Å². The topological polar surface area (TPSA) is 76.0 Å². The molecule has 0 aliphatic carbocycles. The third-order valence-electron chi connectivity index (χ3n) is 1.52. The quantitative estimate of drug-likeness (QED) is 0.803. The van der Waals surface area contributed by atoms with E-state index in [1.165, 1.54) is 23.7 Å². The molecule has 0 aliphatic heterocycles. The molecule has 0 bridgehead atoms. The van der Waals surface area contributed by atoms with Crippen LogP contribution in [-0.2, 0) is 0 Å². The molecule has 5 nitrogen and oxygen atoms in total. The van der Waals surface area contributed by atoms with Gasteiger partial charge in [0.1, 0.15) is 10.7 Å². The van der Waals surface area contributed by atoms with Crippen molar-refractivity contribution in [3.8, 4) is 10.7 Å². The van der Waals surface area contributed by atoms with Crippen LogP contribution in [-0.4, -0.2) is 26.0 Å². The molecule has 2 aromatic heterocycles. The Morgan fingerprint density at radius 3 is 2.64 bits per heavy atom. The standard InChI is InChI=1S/C8H5N3O2S/c12-8(13)6-4-10-5(3-11-6)7-9-1-2-14-7/h1-4H,(H,12,13). The summed E-state index contributed by atoms with van der Waals surface area (Å²) in [6.07, 6.45) is 4.29. The van der Waals surface area contributed by atoms with Crippen molar-refractivity contribution in [2.24, 2.45) is 0 Å². The Balaban J connectivity index is 2.36. The molecule has 0 unspecified atom stereocenters. The van der Waals surface area contributed by atoms with Crippen molar-refractivity contribution in [2.45, 2.75) is 0 Å². The van der Waals surface area contributed by atoms with Crippen LogP contribution in [0.25, 0.3) is 10.7 Å². The highest BCUT2D eigenvalue weighted by Crippen LogP contribution is 2.17. The van der Waals surface area contributed by atoms with E-state index in [9.17, 15) is 4.79 Å². The molecule has 14 heavy (non-hydrogen) atoms. The van der Waals surface area contributed by atoms with E-state index in [1.807, 2.05) is 5.38 Å². The first kappa shape index (κ1) is 8.76. The van der Waals surface area contributed by atoms with Crippen molar-refractivity contribution in [1.29, 1.82) is 0 Å². The van der Waals surface area contributed by atoms with Crippen LogP contribution >= 0.6 is 11.3 Å². The Bertz CT molecular complexity index is 438. The second kappa shape index (κ2) is 3.51. The molecule has 0 saturated carbocycles. The Labute approximate surface area is 83.1 Å². The molecule has 0 radical (unpaired) electrons. The maximum atomic E-state index is 10.5. The van der Waals surface area contributed by atoms with Gasteiger partial charge in [0.25, 0.3) is 0 Å². The minimum Gasteiger partial charge on any atom is -0.476 e. The van der Waals surface area contributed by atoms with Crippen LogP contribution in [0, 0.1) is 0 Å². The third-order valence-corrected chi connectivity index (χ3v) is 2.32. The summed E-state index contributed by atoms with van der Waals surface area (Å²) in [5, 5.41) is 11.1. The van der Waals surface area contributed by atoms with Gasteiger partial charge in [0, 0.05) is 11.6 Å². The second-order valence-electron chi connectivity index (χ2n) is 2.43. The summed E-state index contributed by atoms with van der Waals surface area (Å²) in [7, 11) is 0. The molecule has 2 rings (SSSR count). The van der Waals surface area contributed by atoms with Gasteiger partial charge in [-0.15, -0.1) is 11.3 Å². The average Bonchev–Trinajstić information content (AvgIpc) is 2.71. The summed E-state index contributed by atoms with van der Waals surface area (Å²) < 4.78 is 0. The number of carbonyl (C=O) groups is 1. The van der Waals surface area contributed by atoms with Gasteiger partial charge in [-0.25, -0.2) is 19.7 Å². The van der Waals surface area contributed by atoms with Crippen LogP contribution in [0.3, 0.4) is 0 Å². The highest BCUT2D eigenvalue weighted by molar-refractivity contribution is 7.13. The summed E-state index contributed by atoms with van der Waals surface area (Å²) in [5.41, 5.74) is 0.523. The number of carboxylic acids is 1. The van der Waals surface area contributed by atoms with E-state index in [2.05, 4.69) is 15.0 Å². The van der Waals surface area contributed by atoms with Crippen molar-refractivity contribution in [3.63, 3.8) is 0 Å². The van der Waals surface area contributed by atoms with E-state index in [0.717, 1.165) is 5.01 Å². The van der Waals surface area contributed by atoms with Crippen LogP contribution in [0.2, 0.25) is 0 Å². The molecule has 0 aliphatic rings. The largest absolute Gasteiger partial charge is 0.476 e. The lowest BCUT2D eigenvalue weighted by molar-refractivity contribution is 0.0690. The van der Waals surface area contributed by atoms with E-state index in [1.54, 1.807) is 6.20 Å². The third kappa shape index (κ3) is 1.60. The lowest BCUT2D eigenvalue weighted by Crippen LogP contribution is -2.00. The highest BCUT2D eigenvalue weighted by Gasteiger charge is 2.06. The summed E-state index contributed by atoms with van der Waals surface area (Å²) in [4.78, 5) is 22.2. The van der Waals surface area contributed by atoms with Crippen LogP contribution in [0.15, 0.2) is 24.0 Å². The maximum Gasteiger partial charge on any atom is 0.356 e. The molecule has 0 fully saturated rings. The van der Waals surface area contributed by atoms with Crippen LogP contribution in [0.1, 0.15) is 10.5 Å². The number of hydrogen-bond acceptors (Lipinski definition) is 5. The molecule has 1 N–H and O–H groups in total. The zero-order valence-electron chi connectivity index (χ0n) is 6.91. The van der Waals surface area contributed by atoms with Gasteiger partial charge in [-0.1, -0.05) is 0 Å². The molecule has 0 amide bonds. The number of aromatic carboxylic acids is 1. The van der Waals surface area contributed by atoms with E-state index >= 15 is 0 Å². The average molecular weight is 207 g/mol. The van der Waals surface area contributed by atoms with Crippen molar-refractivity contribution >= 4 is 17.3 Å². The van der Waals surface area contributed by atoms with E-state index in [0.29, 0.717) is 5.69 Å². The fraction of sp³-hybridized carbons (Fsp3) is 0. The zero-order chi connectivity index (χ0) is 9.97. The van der Waals surface area contributed by atoms with Gasteiger partial charge in [-0.2, -0.15) is 0 Å². The van der Waals surface area contributed by atoms with Gasteiger partial charge in [-0.3, -0.25) is 0 Å². The predicted octanol–water partition coefficient (Wildman–Crippen LogP) is 1.30. The first-order valence-corrected chi connectivity index (χ1v) is 4.60. The number of hydrogen-bond donors (Lipinski definition) is 1. The number of nitrogens with zero attached hydrogens (tertiary/aromatic N) is 3. The molecule has 0 atom stereocenters. The predicted molar refractivity (Wildman–Crippen MR) is 50.1 cm³/mol. The van der Waals surface area contributed by atoms with Crippen molar-refractivity contribution in [3.05, 3.63) is 29.7 Å². The van der Waals surface area contributed by atoms with Crippen molar-refractivity contribution in [2.75, 3.05) is 0 Å². The first-order chi connectivity index (χ1) is 6.77. The molecule has 0 spiro atoms. The fourth-order valence-electron chi connectivity index (χ4n) is 0.899. The second-order valence-corrected chi connectivity index (χ2v) is 3.32. The molecule has 6 heteroatoms. The normalized spacial score (nSPS) is 10.0. The molecule has 70 valence electrons. The molecule has 0 saturated heterocycles. The van der Waals surface area contributed by atoms with Gasteiger partial charge in [0.05, 0.1) is 12.4 Å². The Morgan fingerprint density at radius 1 is 1.29 bits per heavy atom. The van der Waals surface area contributed by atoms with Crippen LogP contribution in [0.5, 0.6) is 0 Å². The number of aromatic nitrogens is 3. The van der Waals surface area contributed by atoms with E-state index in [4.69, 9.17) is 5.11 Å². The summed E-state index contributed by atoms with van der Waals surface area (Å²) in [5.74, 6) is -1.08. The van der Waals surface area contributed by atoms with Gasteiger partial charge in [0.15, 0.2) is 5.69 Å². The number of carboxylic acid groups (broad SMARTS) is 1. The molecular weight excluding hydrogens is 202 g/mol.